The average molecular weight is 503 g/mol. The van der Waals surface area contributed by atoms with E-state index in [4.69, 9.17) is 0 Å². The summed E-state index contributed by atoms with van der Waals surface area (Å²) in [6.07, 6.45) is 5.07. The number of rotatable bonds is 6. The minimum atomic E-state index is -3.51. The van der Waals surface area contributed by atoms with Gasteiger partial charge in [0.2, 0.25) is 20.0 Å². The van der Waals surface area contributed by atoms with Crippen molar-refractivity contribution in [1.82, 2.24) is 8.61 Å². The molecule has 0 unspecified atom stereocenters. The second-order valence-corrected chi connectivity index (χ2v) is 13.1. The standard InChI is InChI=1S/C25H30N2O5S2/c1-18-6-11-21(16-19-7-12-22(13-8-19)33(29,30)26(2)3)25(28)24(18)17-20-9-14-23(15-10-20)34(31,32)27(4)5/h7-10,12-18H,6,11H2,1-5H3/b21-16+,24-17+/t18-/m0/s1. The zero-order valence-corrected chi connectivity index (χ0v) is 21.7. The first kappa shape index (κ1) is 26.0. The molecular formula is C25H30N2O5S2. The van der Waals surface area contributed by atoms with Crippen molar-refractivity contribution >= 4 is 38.0 Å². The fraction of sp³-hybridized carbons (Fsp3) is 0.320. The van der Waals surface area contributed by atoms with Crippen LogP contribution in [0.15, 0.2) is 69.5 Å². The highest BCUT2D eigenvalue weighted by molar-refractivity contribution is 7.89. The van der Waals surface area contributed by atoms with Gasteiger partial charge in [-0.05, 0) is 66.3 Å². The van der Waals surface area contributed by atoms with E-state index in [1.165, 1.54) is 40.3 Å². The minimum Gasteiger partial charge on any atom is -0.289 e. The van der Waals surface area contributed by atoms with Gasteiger partial charge in [0.05, 0.1) is 9.79 Å². The van der Waals surface area contributed by atoms with Crippen LogP contribution in [-0.4, -0.2) is 59.4 Å². The van der Waals surface area contributed by atoms with Gasteiger partial charge < -0.3 is 0 Å². The molecule has 0 saturated heterocycles. The zero-order valence-electron chi connectivity index (χ0n) is 20.0. The predicted molar refractivity (Wildman–Crippen MR) is 134 cm³/mol. The smallest absolute Gasteiger partial charge is 0.242 e. The van der Waals surface area contributed by atoms with Gasteiger partial charge in [0.15, 0.2) is 5.78 Å². The van der Waals surface area contributed by atoms with E-state index < -0.39 is 20.0 Å². The van der Waals surface area contributed by atoms with Crippen molar-refractivity contribution in [1.29, 1.82) is 0 Å². The van der Waals surface area contributed by atoms with E-state index in [-0.39, 0.29) is 21.5 Å². The summed E-state index contributed by atoms with van der Waals surface area (Å²) < 4.78 is 51.4. The number of Topliss-reactive ketones (excluding diaryl/α,β-unsaturated/α-hetero) is 1. The molecule has 2 aromatic carbocycles. The molecule has 9 heteroatoms. The van der Waals surface area contributed by atoms with Crippen molar-refractivity contribution in [2.24, 2.45) is 5.92 Å². The van der Waals surface area contributed by atoms with Crippen molar-refractivity contribution < 1.29 is 21.6 Å². The number of carbonyl (C=O) groups excluding carboxylic acids is 1. The van der Waals surface area contributed by atoms with Gasteiger partial charge in [-0.1, -0.05) is 31.2 Å². The minimum absolute atomic E-state index is 0.0475. The summed E-state index contributed by atoms with van der Waals surface area (Å²) >= 11 is 0. The average Bonchev–Trinajstić information content (AvgIpc) is 2.79. The third-order valence-electron chi connectivity index (χ3n) is 5.91. The Hall–Kier alpha value is -2.59. The van der Waals surface area contributed by atoms with Crippen LogP contribution >= 0.6 is 0 Å². The van der Waals surface area contributed by atoms with Crippen LogP contribution in [0.25, 0.3) is 12.2 Å². The van der Waals surface area contributed by atoms with Crippen LogP contribution in [0.2, 0.25) is 0 Å². The Morgan fingerprint density at radius 1 is 0.735 bits per heavy atom. The van der Waals surface area contributed by atoms with Crippen molar-refractivity contribution in [3.05, 3.63) is 70.8 Å². The van der Waals surface area contributed by atoms with Crippen LogP contribution in [-0.2, 0) is 24.8 Å². The molecule has 3 rings (SSSR count). The predicted octanol–water partition coefficient (Wildman–Crippen LogP) is 3.65. The van der Waals surface area contributed by atoms with E-state index in [9.17, 15) is 21.6 Å². The first-order chi connectivity index (χ1) is 15.8. The molecule has 0 amide bonds. The summed E-state index contributed by atoms with van der Waals surface area (Å²) in [5.41, 5.74) is 2.85. The maximum absolute atomic E-state index is 13.2. The Morgan fingerprint density at radius 2 is 1.15 bits per heavy atom. The largest absolute Gasteiger partial charge is 0.289 e. The van der Waals surface area contributed by atoms with Crippen LogP contribution in [0.1, 0.15) is 30.9 Å². The van der Waals surface area contributed by atoms with E-state index in [1.54, 1.807) is 42.5 Å². The number of sulfonamides is 2. The number of hydrogen-bond donors (Lipinski definition) is 0. The van der Waals surface area contributed by atoms with E-state index >= 15 is 0 Å². The Balaban J connectivity index is 1.87. The molecule has 34 heavy (non-hydrogen) atoms. The fourth-order valence-corrected chi connectivity index (χ4v) is 5.47. The molecule has 7 nitrogen and oxygen atoms in total. The molecule has 1 saturated carbocycles. The van der Waals surface area contributed by atoms with Gasteiger partial charge in [-0.15, -0.1) is 0 Å². The summed E-state index contributed by atoms with van der Waals surface area (Å²) in [5, 5.41) is 0. The highest BCUT2D eigenvalue weighted by atomic mass is 32.2. The second-order valence-electron chi connectivity index (χ2n) is 8.75. The summed E-state index contributed by atoms with van der Waals surface area (Å²) in [6, 6.07) is 13.0. The molecule has 1 aliphatic carbocycles. The lowest BCUT2D eigenvalue weighted by molar-refractivity contribution is -0.113. The third kappa shape index (κ3) is 5.38. The lowest BCUT2D eigenvalue weighted by Crippen LogP contribution is -2.22. The maximum atomic E-state index is 13.2. The molecule has 0 spiro atoms. The Morgan fingerprint density at radius 3 is 1.56 bits per heavy atom. The summed E-state index contributed by atoms with van der Waals surface area (Å²) in [5.74, 6) is 0.0242. The van der Waals surface area contributed by atoms with Crippen LogP contribution in [0.3, 0.4) is 0 Å². The number of benzene rings is 2. The molecule has 1 fully saturated rings. The highest BCUT2D eigenvalue weighted by Crippen LogP contribution is 2.33. The zero-order chi connectivity index (χ0) is 25.3. The number of allylic oxidation sites excluding steroid dienone is 2. The van der Waals surface area contributed by atoms with E-state index in [2.05, 4.69) is 0 Å². The SMILES string of the molecule is C[C@H]1CC/C(=C\c2ccc(S(=O)(=O)N(C)C)cc2)C(=O)/C1=C/c1ccc(S(=O)(=O)N(C)C)cc1. The molecule has 1 aliphatic rings. The summed E-state index contributed by atoms with van der Waals surface area (Å²) in [6.45, 7) is 2.01. The normalized spacial score (nSPS) is 20.0. The van der Waals surface area contributed by atoms with Crippen LogP contribution in [0, 0.1) is 5.92 Å². The number of carbonyl (C=O) groups is 1. The first-order valence-corrected chi connectivity index (χ1v) is 13.7. The number of ketones is 1. The molecule has 0 heterocycles. The van der Waals surface area contributed by atoms with E-state index in [1.807, 2.05) is 13.0 Å². The fourth-order valence-electron chi connectivity index (χ4n) is 3.67. The van der Waals surface area contributed by atoms with Gasteiger partial charge in [0.25, 0.3) is 0 Å². The number of hydrogen-bond acceptors (Lipinski definition) is 5. The topological polar surface area (TPSA) is 91.8 Å². The van der Waals surface area contributed by atoms with E-state index in [0.717, 1.165) is 26.2 Å². The Kier molecular flexibility index (Phi) is 7.62. The molecule has 1 atom stereocenters. The monoisotopic (exact) mass is 502 g/mol. The lowest BCUT2D eigenvalue weighted by atomic mass is 9.80. The van der Waals surface area contributed by atoms with E-state index in [0.29, 0.717) is 17.6 Å². The summed E-state index contributed by atoms with van der Waals surface area (Å²) in [7, 11) is -1.09. The van der Waals surface area contributed by atoms with Crippen LogP contribution in [0.5, 0.6) is 0 Å². The Labute approximate surface area is 202 Å². The Bertz CT molecular complexity index is 1340. The van der Waals surface area contributed by atoms with Gasteiger partial charge in [-0.2, -0.15) is 0 Å². The highest BCUT2D eigenvalue weighted by Gasteiger charge is 2.26. The maximum Gasteiger partial charge on any atom is 0.242 e. The number of nitrogens with zero attached hydrogens (tertiary/aromatic N) is 2. The second kappa shape index (κ2) is 9.95. The molecule has 182 valence electrons. The molecule has 2 aromatic rings. The van der Waals surface area contributed by atoms with Gasteiger partial charge in [0, 0.05) is 39.3 Å². The van der Waals surface area contributed by atoms with Gasteiger partial charge >= 0.3 is 0 Å². The lowest BCUT2D eigenvalue weighted by Gasteiger charge is -2.23. The summed E-state index contributed by atoms with van der Waals surface area (Å²) in [4.78, 5) is 13.6. The van der Waals surface area contributed by atoms with Crippen molar-refractivity contribution in [3.8, 4) is 0 Å². The molecule has 0 aromatic heterocycles. The van der Waals surface area contributed by atoms with Crippen molar-refractivity contribution in [2.45, 2.75) is 29.6 Å². The quantitative estimate of drug-likeness (QED) is 0.562. The first-order valence-electron chi connectivity index (χ1n) is 10.9. The molecule has 0 bridgehead atoms. The molecule has 0 N–H and O–H groups in total. The van der Waals surface area contributed by atoms with Crippen molar-refractivity contribution in [2.75, 3.05) is 28.2 Å². The molecular weight excluding hydrogens is 472 g/mol. The molecule has 0 radical (unpaired) electrons. The molecule has 0 aliphatic heterocycles. The van der Waals surface area contributed by atoms with Gasteiger partial charge in [-0.25, -0.2) is 25.4 Å². The van der Waals surface area contributed by atoms with Crippen LogP contribution < -0.4 is 0 Å². The van der Waals surface area contributed by atoms with Crippen molar-refractivity contribution in [3.63, 3.8) is 0 Å². The third-order valence-corrected chi connectivity index (χ3v) is 9.57. The van der Waals surface area contributed by atoms with Crippen LogP contribution in [0.4, 0.5) is 0 Å². The van der Waals surface area contributed by atoms with Gasteiger partial charge in [0.1, 0.15) is 0 Å². The van der Waals surface area contributed by atoms with Gasteiger partial charge in [-0.3, -0.25) is 4.79 Å².